The lowest BCUT2D eigenvalue weighted by Crippen LogP contribution is -2.41. The number of benzene rings is 1. The zero-order valence-corrected chi connectivity index (χ0v) is 17.2. The number of hydrogen-bond donors (Lipinski definition) is 1. The molecule has 0 spiro atoms. The molecule has 0 amide bonds. The molecule has 17 heteroatoms. The number of halogens is 6. The monoisotopic (exact) mass is 515 g/mol. The number of carboxylic acids is 1. The molecule has 1 aromatic rings. The molecule has 2 heterocycles. The number of carboxylic acid groups (broad SMARTS) is 1. The van der Waals surface area contributed by atoms with E-state index in [4.69, 9.17) is 9.84 Å². The van der Waals surface area contributed by atoms with E-state index in [1.165, 1.54) is 0 Å². The van der Waals surface area contributed by atoms with Gasteiger partial charge in [0.25, 0.3) is 6.79 Å². The van der Waals surface area contributed by atoms with Crippen LogP contribution in [0.4, 0.5) is 26.3 Å². The molecule has 2 aliphatic rings. The van der Waals surface area contributed by atoms with Crippen molar-refractivity contribution in [2.24, 2.45) is 5.28 Å². The number of fused-ring (bicyclic) bond motifs is 1. The molecule has 2 atom stereocenters. The van der Waals surface area contributed by atoms with Gasteiger partial charge in [-0.25, -0.2) is 9.59 Å². The van der Waals surface area contributed by atoms with Gasteiger partial charge in [-0.1, -0.05) is 0 Å². The summed E-state index contributed by atoms with van der Waals surface area (Å²) in [6.07, 6.45) is -11.8. The molecular formula is C18H15F6N3O8. The normalized spacial score (nSPS) is 20.5. The smallest absolute Gasteiger partial charge is 0.569 e. The number of ether oxygens (including phenoxy) is 3. The molecule has 0 radical (unpaired) electrons. The summed E-state index contributed by atoms with van der Waals surface area (Å²) < 4.78 is 90.4. The Balaban J connectivity index is 1.71. The van der Waals surface area contributed by atoms with Crippen molar-refractivity contribution in [3.63, 3.8) is 0 Å². The Kier molecular flexibility index (Phi) is 7.16. The van der Waals surface area contributed by atoms with Crippen LogP contribution in [0.25, 0.3) is 6.08 Å². The Morgan fingerprint density at radius 3 is 2.60 bits per heavy atom. The topological polar surface area (TPSA) is 133 Å². The maximum Gasteiger partial charge on any atom is 0.573 e. The number of carbonyl (C=O) groups is 2. The van der Waals surface area contributed by atoms with E-state index >= 15 is 0 Å². The van der Waals surface area contributed by atoms with Crippen LogP contribution < -0.4 is 9.47 Å². The molecular weight excluding hydrogens is 500 g/mol. The SMILES string of the molecule is O=C(OCO/N=[N+](\[O-])N1CCC[C@H]1C(=O)O)C1=Cc2cc(OC(F)(F)F)ccc2O[C@@H]1C(F)(F)F. The van der Waals surface area contributed by atoms with Gasteiger partial charge in [-0.3, -0.25) is 0 Å². The second-order valence-electron chi connectivity index (χ2n) is 7.06. The maximum absolute atomic E-state index is 13.4. The highest BCUT2D eigenvalue weighted by molar-refractivity contribution is 5.96. The van der Waals surface area contributed by atoms with E-state index in [0.29, 0.717) is 18.6 Å². The van der Waals surface area contributed by atoms with Crippen molar-refractivity contribution in [2.75, 3.05) is 13.3 Å². The Labute approximate surface area is 191 Å². The lowest BCUT2D eigenvalue weighted by atomic mass is 10.0. The first-order valence-corrected chi connectivity index (χ1v) is 9.57. The van der Waals surface area contributed by atoms with E-state index in [0.717, 1.165) is 17.1 Å². The number of nitrogens with zero attached hydrogens (tertiary/aromatic N) is 3. The summed E-state index contributed by atoms with van der Waals surface area (Å²) in [4.78, 5) is 27.5. The molecule has 1 N–H and O–H groups in total. The minimum absolute atomic E-state index is 0.0457. The number of rotatable bonds is 7. The van der Waals surface area contributed by atoms with Crippen LogP contribution in [0.5, 0.6) is 11.5 Å². The van der Waals surface area contributed by atoms with E-state index < -0.39 is 60.5 Å². The van der Waals surface area contributed by atoms with Crippen LogP contribution in [-0.2, 0) is 19.2 Å². The fraction of sp³-hybridized carbons (Fsp3) is 0.444. The van der Waals surface area contributed by atoms with Gasteiger partial charge in [0.2, 0.25) is 11.4 Å². The zero-order valence-electron chi connectivity index (χ0n) is 17.2. The number of aliphatic carboxylic acids is 1. The molecule has 192 valence electrons. The highest BCUT2D eigenvalue weighted by Gasteiger charge is 2.49. The highest BCUT2D eigenvalue weighted by Crippen LogP contribution is 2.39. The Bertz CT molecular complexity index is 1040. The van der Waals surface area contributed by atoms with Crippen LogP contribution in [0.3, 0.4) is 0 Å². The number of alkyl halides is 6. The molecule has 35 heavy (non-hydrogen) atoms. The standard InChI is InChI=1S/C18H15F6N3O8/c19-17(20,21)14-11(7-9-6-10(35-18(22,23)24)3-4-13(9)34-14)16(30)32-8-33-25-27(31)26-5-1-2-12(26)15(28)29/h3-4,6-7,12,14H,1-2,5,8H2,(H,28,29)/b27-25-/t12-,14-/m0/s1. The molecule has 0 saturated carbocycles. The molecule has 3 rings (SSSR count). The summed E-state index contributed by atoms with van der Waals surface area (Å²) >= 11 is 0. The predicted molar refractivity (Wildman–Crippen MR) is 97.0 cm³/mol. The van der Waals surface area contributed by atoms with Crippen LogP contribution in [0.2, 0.25) is 0 Å². The van der Waals surface area contributed by atoms with Crippen molar-refractivity contribution < 1.29 is 65.1 Å². The fourth-order valence-corrected chi connectivity index (χ4v) is 3.28. The van der Waals surface area contributed by atoms with Crippen LogP contribution in [0, 0.1) is 5.21 Å². The fourth-order valence-electron chi connectivity index (χ4n) is 3.28. The first-order chi connectivity index (χ1) is 16.3. The van der Waals surface area contributed by atoms with Crippen molar-refractivity contribution in [1.82, 2.24) is 5.01 Å². The van der Waals surface area contributed by atoms with Gasteiger partial charge in [-0.15, -0.1) is 18.2 Å². The molecule has 0 bridgehead atoms. The predicted octanol–water partition coefficient (Wildman–Crippen LogP) is 3.15. The van der Waals surface area contributed by atoms with Gasteiger partial charge in [0.15, 0.2) is 6.04 Å². The lowest BCUT2D eigenvalue weighted by molar-refractivity contribution is -0.712. The van der Waals surface area contributed by atoms with Crippen molar-refractivity contribution in [3.8, 4) is 11.5 Å². The number of carbonyl (C=O) groups excluding carboxylic acids is 1. The summed E-state index contributed by atoms with van der Waals surface area (Å²) in [7, 11) is 0. The van der Waals surface area contributed by atoms with Gasteiger partial charge < -0.3 is 29.4 Å². The highest BCUT2D eigenvalue weighted by atomic mass is 19.4. The minimum atomic E-state index is -5.11. The third kappa shape index (κ3) is 6.36. The van der Waals surface area contributed by atoms with Crippen molar-refractivity contribution in [1.29, 1.82) is 0 Å². The van der Waals surface area contributed by atoms with Gasteiger partial charge >= 0.3 is 24.5 Å². The van der Waals surface area contributed by atoms with Gasteiger partial charge in [0, 0.05) is 5.56 Å². The molecule has 1 saturated heterocycles. The van der Waals surface area contributed by atoms with Gasteiger partial charge in [-0.05, 0) is 37.1 Å². The quantitative estimate of drug-likeness (QED) is 0.111. The van der Waals surface area contributed by atoms with Gasteiger partial charge in [0.1, 0.15) is 11.5 Å². The average Bonchev–Trinajstić information content (AvgIpc) is 3.24. The van der Waals surface area contributed by atoms with Crippen molar-refractivity contribution in [2.45, 2.75) is 37.5 Å². The Hall–Kier alpha value is -3.92. The summed E-state index contributed by atoms with van der Waals surface area (Å²) in [5, 5.41) is 24.6. The Morgan fingerprint density at radius 1 is 1.26 bits per heavy atom. The summed E-state index contributed by atoms with van der Waals surface area (Å²) in [6, 6.07) is 1.09. The number of hydrogen-bond acceptors (Lipinski definition) is 8. The number of esters is 1. The molecule has 0 aliphatic carbocycles. The molecule has 0 aromatic heterocycles. The first-order valence-electron chi connectivity index (χ1n) is 9.57. The molecule has 1 aromatic carbocycles. The van der Waals surface area contributed by atoms with E-state index in [-0.39, 0.29) is 23.5 Å². The van der Waals surface area contributed by atoms with Crippen molar-refractivity contribution >= 4 is 18.0 Å². The lowest BCUT2D eigenvalue weighted by Gasteiger charge is -2.28. The first kappa shape index (κ1) is 25.7. The summed E-state index contributed by atoms with van der Waals surface area (Å²) in [5.41, 5.74) is -1.45. The van der Waals surface area contributed by atoms with E-state index in [1.807, 2.05) is 0 Å². The second kappa shape index (κ2) is 9.75. The molecule has 1 fully saturated rings. The van der Waals surface area contributed by atoms with Crippen LogP contribution in [0.1, 0.15) is 18.4 Å². The summed E-state index contributed by atoms with van der Waals surface area (Å²) in [6.45, 7) is -1.10. The zero-order chi connectivity index (χ0) is 26.0. The maximum atomic E-state index is 13.4. The van der Waals surface area contributed by atoms with E-state index in [2.05, 4.69) is 19.6 Å². The van der Waals surface area contributed by atoms with E-state index in [9.17, 15) is 41.1 Å². The van der Waals surface area contributed by atoms with Crippen LogP contribution >= 0.6 is 0 Å². The third-order valence-corrected chi connectivity index (χ3v) is 4.69. The molecule has 2 aliphatic heterocycles. The summed E-state index contributed by atoms with van der Waals surface area (Å²) in [5.74, 6) is -4.15. The van der Waals surface area contributed by atoms with Crippen LogP contribution in [-0.4, -0.2) is 65.0 Å². The largest absolute Gasteiger partial charge is 0.573 e. The van der Waals surface area contributed by atoms with Crippen molar-refractivity contribution in [3.05, 3.63) is 34.5 Å². The minimum Gasteiger partial charge on any atom is -0.569 e. The number of hydrazine groups is 1. The molecule has 11 nitrogen and oxygen atoms in total. The van der Waals surface area contributed by atoms with Gasteiger partial charge in [0.05, 0.1) is 17.1 Å². The second-order valence-corrected chi connectivity index (χ2v) is 7.06. The Morgan fingerprint density at radius 2 is 1.97 bits per heavy atom. The third-order valence-electron chi connectivity index (χ3n) is 4.69. The molecule has 0 unspecified atom stereocenters. The van der Waals surface area contributed by atoms with Crippen LogP contribution in [0.15, 0.2) is 29.0 Å². The van der Waals surface area contributed by atoms with Gasteiger partial charge in [-0.2, -0.15) is 13.2 Å². The van der Waals surface area contributed by atoms with E-state index in [1.54, 1.807) is 0 Å². The average molecular weight is 515 g/mol.